The van der Waals surface area contributed by atoms with Gasteiger partial charge in [-0.15, -0.1) is 0 Å². The van der Waals surface area contributed by atoms with Crippen molar-refractivity contribution < 1.29 is 13.2 Å². The van der Waals surface area contributed by atoms with Gasteiger partial charge in [0.1, 0.15) is 0 Å². The third-order valence-electron chi connectivity index (χ3n) is 6.00. The van der Waals surface area contributed by atoms with Gasteiger partial charge >= 0.3 is 0 Å². The monoisotopic (exact) mass is 462 g/mol. The van der Waals surface area contributed by atoms with E-state index in [9.17, 15) is 13.2 Å². The summed E-state index contributed by atoms with van der Waals surface area (Å²) < 4.78 is 26.7. The van der Waals surface area contributed by atoms with Crippen molar-refractivity contribution in [2.24, 2.45) is 0 Å². The number of aryl methyl sites for hydroxylation is 1. The lowest BCUT2D eigenvalue weighted by Crippen LogP contribution is -2.37. The number of rotatable bonds is 9. The Labute approximate surface area is 191 Å². The topological polar surface area (TPSA) is 57.7 Å². The molecule has 1 aliphatic heterocycles. The van der Waals surface area contributed by atoms with Gasteiger partial charge in [0.25, 0.3) is 0 Å². The van der Waals surface area contributed by atoms with Crippen LogP contribution in [-0.4, -0.2) is 49.2 Å². The molecule has 3 rings (SSSR count). The maximum atomic E-state index is 12.9. The summed E-state index contributed by atoms with van der Waals surface area (Å²) >= 11 is 6.30. The molecule has 5 nitrogen and oxygen atoms in total. The van der Waals surface area contributed by atoms with Crippen molar-refractivity contribution in [3.63, 3.8) is 0 Å². The second-order valence-corrected chi connectivity index (χ2v) is 10.3. The predicted octanol–water partition coefficient (Wildman–Crippen LogP) is 4.54. The number of hydrogen-bond donors (Lipinski definition) is 0. The average molecular weight is 463 g/mol. The van der Waals surface area contributed by atoms with Gasteiger partial charge in [-0.2, -0.15) is 4.31 Å². The summed E-state index contributed by atoms with van der Waals surface area (Å²) in [6, 6.07) is 14.9. The Morgan fingerprint density at radius 3 is 2.42 bits per heavy atom. The molecule has 0 aliphatic carbocycles. The van der Waals surface area contributed by atoms with Crippen molar-refractivity contribution in [2.45, 2.75) is 56.9 Å². The van der Waals surface area contributed by atoms with Crippen molar-refractivity contribution in [3.8, 4) is 0 Å². The molecule has 2 aromatic rings. The van der Waals surface area contributed by atoms with Crippen LogP contribution in [0.15, 0.2) is 53.4 Å². The quantitative estimate of drug-likeness (QED) is 0.549. The largest absolute Gasteiger partial charge is 0.339 e. The fraction of sp³-hybridized carbons (Fsp3) is 0.458. The first-order valence-corrected chi connectivity index (χ1v) is 12.8. The minimum atomic E-state index is -3.46. The predicted molar refractivity (Wildman–Crippen MR) is 125 cm³/mol. The molecule has 168 valence electrons. The molecule has 2 aromatic carbocycles. The van der Waals surface area contributed by atoms with Gasteiger partial charge in [-0.05, 0) is 55.0 Å². The number of halogens is 1. The SMILES string of the molecule is CCN(CC)S(=O)(=O)c1ccc(CCC(=O)N2CCCC2Cc2ccccc2Cl)cc1. The Morgan fingerprint density at radius 1 is 1.10 bits per heavy atom. The zero-order valence-corrected chi connectivity index (χ0v) is 19.8. The third-order valence-corrected chi connectivity index (χ3v) is 8.44. The van der Waals surface area contributed by atoms with Crippen molar-refractivity contribution in [3.05, 3.63) is 64.7 Å². The van der Waals surface area contributed by atoms with Crippen LogP contribution in [0.4, 0.5) is 0 Å². The van der Waals surface area contributed by atoms with Crippen LogP contribution < -0.4 is 0 Å². The van der Waals surface area contributed by atoms with E-state index in [0.717, 1.165) is 42.0 Å². The van der Waals surface area contributed by atoms with E-state index in [2.05, 4.69) is 0 Å². The van der Waals surface area contributed by atoms with E-state index in [1.807, 2.05) is 55.1 Å². The van der Waals surface area contributed by atoms with Crippen molar-refractivity contribution >= 4 is 27.5 Å². The highest BCUT2D eigenvalue weighted by molar-refractivity contribution is 7.89. The summed E-state index contributed by atoms with van der Waals surface area (Å²) in [7, 11) is -3.46. The molecule has 31 heavy (non-hydrogen) atoms. The van der Waals surface area contributed by atoms with Crippen LogP contribution >= 0.6 is 11.6 Å². The molecule has 0 radical (unpaired) electrons. The zero-order chi connectivity index (χ0) is 22.4. The zero-order valence-electron chi connectivity index (χ0n) is 18.3. The maximum absolute atomic E-state index is 12.9. The smallest absolute Gasteiger partial charge is 0.243 e. The lowest BCUT2D eigenvalue weighted by Gasteiger charge is -2.25. The van der Waals surface area contributed by atoms with Crippen LogP contribution in [0, 0.1) is 0 Å². The summed E-state index contributed by atoms with van der Waals surface area (Å²) in [5.41, 5.74) is 2.05. The fourth-order valence-corrected chi connectivity index (χ4v) is 5.90. The molecule has 0 aromatic heterocycles. The van der Waals surface area contributed by atoms with Gasteiger partial charge in [0.2, 0.25) is 15.9 Å². The number of likely N-dealkylation sites (tertiary alicyclic amines) is 1. The normalized spacial score (nSPS) is 16.8. The average Bonchev–Trinajstić information content (AvgIpc) is 3.23. The Morgan fingerprint density at radius 2 is 1.77 bits per heavy atom. The van der Waals surface area contributed by atoms with E-state index in [4.69, 9.17) is 11.6 Å². The minimum Gasteiger partial charge on any atom is -0.339 e. The van der Waals surface area contributed by atoms with Gasteiger partial charge in [0.05, 0.1) is 4.90 Å². The highest BCUT2D eigenvalue weighted by atomic mass is 35.5. The Hall–Kier alpha value is -1.89. The maximum Gasteiger partial charge on any atom is 0.243 e. The fourth-order valence-electron chi connectivity index (χ4n) is 4.23. The Balaban J connectivity index is 1.59. The third kappa shape index (κ3) is 5.68. The first-order valence-electron chi connectivity index (χ1n) is 11.0. The number of benzene rings is 2. The number of amides is 1. The summed E-state index contributed by atoms with van der Waals surface area (Å²) in [6.07, 6.45) is 3.80. The molecule has 0 N–H and O–H groups in total. The molecule has 7 heteroatoms. The lowest BCUT2D eigenvalue weighted by atomic mass is 10.0. The molecule has 1 atom stereocenters. The lowest BCUT2D eigenvalue weighted by molar-refractivity contribution is -0.131. The summed E-state index contributed by atoms with van der Waals surface area (Å²) in [5, 5.41) is 0.751. The van der Waals surface area contributed by atoms with Crippen LogP contribution in [0.1, 0.15) is 44.2 Å². The van der Waals surface area contributed by atoms with Crippen molar-refractivity contribution in [1.82, 2.24) is 9.21 Å². The van der Waals surface area contributed by atoms with Gasteiger partial charge in [-0.1, -0.05) is 55.8 Å². The highest BCUT2D eigenvalue weighted by Gasteiger charge is 2.29. The van der Waals surface area contributed by atoms with Crippen LogP contribution in [-0.2, 0) is 27.7 Å². The van der Waals surface area contributed by atoms with E-state index in [1.54, 1.807) is 12.1 Å². The summed E-state index contributed by atoms with van der Waals surface area (Å²) in [5.74, 6) is 0.148. The highest BCUT2D eigenvalue weighted by Crippen LogP contribution is 2.26. The number of carbonyl (C=O) groups excluding carboxylic acids is 1. The number of hydrogen-bond acceptors (Lipinski definition) is 3. The van der Waals surface area contributed by atoms with E-state index in [-0.39, 0.29) is 11.9 Å². The molecule has 1 unspecified atom stereocenters. The molecule has 0 bridgehead atoms. The van der Waals surface area contributed by atoms with Gasteiger partial charge in [0.15, 0.2) is 0 Å². The Bertz CT molecular complexity index is 988. The van der Waals surface area contributed by atoms with Crippen LogP contribution in [0.5, 0.6) is 0 Å². The van der Waals surface area contributed by atoms with Crippen LogP contribution in [0.3, 0.4) is 0 Å². The van der Waals surface area contributed by atoms with E-state index in [1.165, 1.54) is 4.31 Å². The van der Waals surface area contributed by atoms with Gasteiger partial charge in [0, 0.05) is 37.1 Å². The molecular weight excluding hydrogens is 432 g/mol. The minimum absolute atomic E-state index is 0.148. The van der Waals surface area contributed by atoms with Gasteiger partial charge < -0.3 is 4.90 Å². The first-order chi connectivity index (χ1) is 14.9. The molecule has 1 heterocycles. The summed E-state index contributed by atoms with van der Waals surface area (Å²) in [4.78, 5) is 15.2. The van der Waals surface area contributed by atoms with E-state index >= 15 is 0 Å². The molecule has 1 amide bonds. The van der Waals surface area contributed by atoms with Crippen molar-refractivity contribution in [2.75, 3.05) is 19.6 Å². The van der Waals surface area contributed by atoms with Gasteiger partial charge in [-0.3, -0.25) is 4.79 Å². The number of sulfonamides is 1. The Kier molecular flexibility index (Phi) is 8.14. The summed E-state index contributed by atoms with van der Waals surface area (Å²) in [6.45, 7) is 5.34. The molecule has 1 saturated heterocycles. The molecule has 1 aliphatic rings. The van der Waals surface area contributed by atoms with E-state index in [0.29, 0.717) is 30.8 Å². The van der Waals surface area contributed by atoms with Crippen molar-refractivity contribution in [1.29, 1.82) is 0 Å². The molecule has 0 saturated carbocycles. The van der Waals surface area contributed by atoms with Crippen LogP contribution in [0.2, 0.25) is 5.02 Å². The molecule has 1 fully saturated rings. The van der Waals surface area contributed by atoms with E-state index < -0.39 is 10.0 Å². The number of nitrogens with zero attached hydrogens (tertiary/aromatic N) is 2. The molecule has 0 spiro atoms. The second kappa shape index (κ2) is 10.6. The van der Waals surface area contributed by atoms with Crippen LogP contribution in [0.25, 0.3) is 0 Å². The second-order valence-electron chi connectivity index (χ2n) is 7.91. The van der Waals surface area contributed by atoms with Gasteiger partial charge in [-0.25, -0.2) is 8.42 Å². The molecular formula is C24H31ClN2O3S. The standard InChI is InChI=1S/C24H31ClN2O3S/c1-3-26(4-2)31(29,30)22-14-11-19(12-15-22)13-16-24(28)27-17-7-9-21(27)18-20-8-5-6-10-23(20)25/h5-6,8,10-12,14-15,21H,3-4,7,9,13,16-18H2,1-2H3. The number of carbonyl (C=O) groups is 1. The first kappa shape index (κ1) is 23.8.